The summed E-state index contributed by atoms with van der Waals surface area (Å²) in [5.74, 6) is 0. The van der Waals surface area contributed by atoms with E-state index in [0.29, 0.717) is 0 Å². The van der Waals surface area contributed by atoms with Crippen molar-refractivity contribution in [3.05, 3.63) is 28.3 Å². The number of non-ortho nitro benzene ring substituents is 1. The van der Waals surface area contributed by atoms with Crippen LogP contribution in [0.2, 0.25) is 0 Å². The van der Waals surface area contributed by atoms with Gasteiger partial charge in [0.2, 0.25) is 0 Å². The fourth-order valence-electron chi connectivity index (χ4n) is 1.46. The van der Waals surface area contributed by atoms with Crippen molar-refractivity contribution >= 4 is 41.6 Å². The summed E-state index contributed by atoms with van der Waals surface area (Å²) in [7, 11) is -1.92. The molecule has 0 aliphatic rings. The van der Waals surface area contributed by atoms with Crippen LogP contribution in [0.1, 0.15) is 0 Å². The van der Waals surface area contributed by atoms with E-state index in [9.17, 15) is 14.0 Å². The summed E-state index contributed by atoms with van der Waals surface area (Å²) in [5.41, 5.74) is -0.233. The van der Waals surface area contributed by atoms with Crippen molar-refractivity contribution in [2.75, 3.05) is 0 Å². The molecule has 0 amide bonds. The Kier molecular flexibility index (Phi) is 3.00. The number of benzene rings is 1. The topological polar surface area (TPSA) is 101 Å². The molecule has 1 aromatic carbocycles. The van der Waals surface area contributed by atoms with Crippen LogP contribution >= 0.6 is 12.3 Å². The molecule has 17 heavy (non-hydrogen) atoms. The smallest absolute Gasteiger partial charge is 0.422 e. The average molecular weight is 257 g/mol. The van der Waals surface area contributed by atoms with Crippen LogP contribution in [0.15, 0.2) is 18.2 Å². The van der Waals surface area contributed by atoms with Gasteiger partial charge >= 0.3 is 7.12 Å². The van der Waals surface area contributed by atoms with Gasteiger partial charge in [-0.15, -0.1) is 3.89 Å². The van der Waals surface area contributed by atoms with Gasteiger partial charge < -0.3 is 10.0 Å². The number of fused-ring (bicyclic) bond motifs is 1. The minimum atomic E-state index is -1.92. The minimum absolute atomic E-state index is 0.124. The van der Waals surface area contributed by atoms with Gasteiger partial charge in [-0.05, 0) is 6.07 Å². The molecule has 1 aromatic heterocycles. The summed E-state index contributed by atoms with van der Waals surface area (Å²) in [5, 5.41) is 32.4. The van der Waals surface area contributed by atoms with Gasteiger partial charge in [-0.3, -0.25) is 10.1 Å². The number of rotatable bonds is 3. The van der Waals surface area contributed by atoms with E-state index in [1.54, 1.807) is 0 Å². The molecule has 0 saturated heterocycles. The third-order valence-electron chi connectivity index (χ3n) is 2.18. The number of halogens is 1. The molecule has 10 heteroatoms. The van der Waals surface area contributed by atoms with Crippen LogP contribution < -0.4 is 5.59 Å². The van der Waals surface area contributed by atoms with E-state index in [1.807, 2.05) is 0 Å². The molecule has 0 bridgehead atoms. The normalized spacial score (nSPS) is 10.8. The van der Waals surface area contributed by atoms with Crippen LogP contribution in [0.5, 0.6) is 0 Å². The standard InChI is InChI=1S/C7H5BFN3O4S/c9-17-11-6-2-1-4(12(15)16)3-5(6)7(10-11)8(13)14/h1-3,13-14H. The van der Waals surface area contributed by atoms with Crippen LogP contribution in [0.4, 0.5) is 9.57 Å². The van der Waals surface area contributed by atoms with Crippen LogP contribution in [-0.4, -0.2) is 31.3 Å². The average Bonchev–Trinajstić information content (AvgIpc) is 2.66. The zero-order valence-electron chi connectivity index (χ0n) is 8.15. The Morgan fingerprint density at radius 1 is 1.53 bits per heavy atom. The third-order valence-corrected chi connectivity index (χ3v) is 2.59. The van der Waals surface area contributed by atoms with Crippen LogP contribution in [0.25, 0.3) is 10.9 Å². The number of nitro groups is 1. The molecule has 7 nitrogen and oxygen atoms in total. The monoisotopic (exact) mass is 257 g/mol. The lowest BCUT2D eigenvalue weighted by atomic mass is 9.84. The number of hydrogen-bond acceptors (Lipinski definition) is 6. The lowest BCUT2D eigenvalue weighted by Gasteiger charge is -1.95. The predicted molar refractivity (Wildman–Crippen MR) is 60.3 cm³/mol. The summed E-state index contributed by atoms with van der Waals surface area (Å²) in [4.78, 5) is 9.94. The van der Waals surface area contributed by atoms with E-state index in [1.165, 1.54) is 12.1 Å². The minimum Gasteiger partial charge on any atom is -0.422 e. The highest BCUT2D eigenvalue weighted by Gasteiger charge is 2.23. The maximum atomic E-state index is 12.5. The van der Waals surface area contributed by atoms with E-state index in [-0.39, 0.29) is 34.5 Å². The first-order valence-electron chi connectivity index (χ1n) is 4.37. The van der Waals surface area contributed by atoms with Crippen molar-refractivity contribution in [3.8, 4) is 0 Å². The summed E-state index contributed by atoms with van der Waals surface area (Å²) in [6.07, 6.45) is 0. The van der Waals surface area contributed by atoms with E-state index in [2.05, 4.69) is 5.10 Å². The van der Waals surface area contributed by atoms with Gasteiger partial charge in [0, 0.05) is 17.5 Å². The van der Waals surface area contributed by atoms with E-state index >= 15 is 0 Å². The Bertz CT molecular complexity index is 590. The van der Waals surface area contributed by atoms with Crippen molar-refractivity contribution in [3.63, 3.8) is 0 Å². The van der Waals surface area contributed by atoms with Crippen LogP contribution in [-0.2, 0) is 0 Å². The molecular weight excluding hydrogens is 252 g/mol. The Morgan fingerprint density at radius 3 is 2.76 bits per heavy atom. The molecule has 0 atom stereocenters. The predicted octanol–water partition coefficient (Wildman–Crippen LogP) is 0.00510. The lowest BCUT2D eigenvalue weighted by molar-refractivity contribution is -0.384. The van der Waals surface area contributed by atoms with Crippen molar-refractivity contribution in [1.29, 1.82) is 0 Å². The second kappa shape index (κ2) is 4.32. The van der Waals surface area contributed by atoms with Crippen molar-refractivity contribution in [2.45, 2.75) is 0 Å². The van der Waals surface area contributed by atoms with Crippen LogP contribution in [0, 0.1) is 10.1 Å². The van der Waals surface area contributed by atoms with Gasteiger partial charge in [0.1, 0.15) is 5.59 Å². The van der Waals surface area contributed by atoms with Gasteiger partial charge in [0.05, 0.1) is 10.4 Å². The highest BCUT2D eigenvalue weighted by molar-refractivity contribution is 7.92. The van der Waals surface area contributed by atoms with E-state index in [4.69, 9.17) is 10.0 Å². The molecule has 2 aromatic rings. The van der Waals surface area contributed by atoms with Gasteiger partial charge in [-0.1, -0.05) is 0 Å². The highest BCUT2D eigenvalue weighted by Crippen LogP contribution is 2.22. The fraction of sp³-hybridized carbons (Fsp3) is 0. The zero-order chi connectivity index (χ0) is 12.6. The molecule has 0 spiro atoms. The molecule has 0 radical (unpaired) electrons. The number of aromatic nitrogens is 2. The molecule has 0 fully saturated rings. The Labute approximate surface area is 98.6 Å². The summed E-state index contributed by atoms with van der Waals surface area (Å²) >= 11 is -0.236. The molecule has 0 unspecified atom stereocenters. The second-order valence-electron chi connectivity index (χ2n) is 3.16. The lowest BCUT2D eigenvalue weighted by Crippen LogP contribution is -2.32. The molecule has 0 aliphatic heterocycles. The molecule has 2 N–H and O–H groups in total. The summed E-state index contributed by atoms with van der Waals surface area (Å²) in [6, 6.07) is 3.59. The fourth-order valence-corrected chi connectivity index (χ4v) is 1.81. The Hall–Kier alpha value is -1.65. The third kappa shape index (κ3) is 1.97. The maximum absolute atomic E-state index is 12.5. The van der Waals surface area contributed by atoms with Gasteiger partial charge in [-0.25, -0.2) is 0 Å². The van der Waals surface area contributed by atoms with Gasteiger partial charge in [0.25, 0.3) is 5.69 Å². The second-order valence-corrected chi connectivity index (χ2v) is 3.64. The molecule has 0 saturated carbocycles. The Balaban J connectivity index is 2.73. The number of hydrogen-bond donors (Lipinski definition) is 2. The highest BCUT2D eigenvalue weighted by atomic mass is 32.2. The van der Waals surface area contributed by atoms with E-state index < -0.39 is 12.0 Å². The summed E-state index contributed by atoms with van der Waals surface area (Å²) in [6.45, 7) is 0. The van der Waals surface area contributed by atoms with Crippen molar-refractivity contribution < 1.29 is 18.9 Å². The zero-order valence-corrected chi connectivity index (χ0v) is 8.96. The quantitative estimate of drug-likeness (QED) is 0.456. The van der Waals surface area contributed by atoms with Crippen LogP contribution in [0.3, 0.4) is 0 Å². The number of nitrogens with zero attached hydrogens (tertiary/aromatic N) is 3. The largest absolute Gasteiger partial charge is 0.510 e. The Morgan fingerprint density at radius 2 is 2.24 bits per heavy atom. The maximum Gasteiger partial charge on any atom is 0.510 e. The van der Waals surface area contributed by atoms with E-state index in [0.717, 1.165) is 10.2 Å². The molecule has 0 aliphatic carbocycles. The number of nitro benzene ring substituents is 1. The molecular formula is C7H5BFN3O4S. The SMILES string of the molecule is O=[N+]([O-])c1ccc2c(c1)c(B(O)O)nn2SF. The molecule has 88 valence electrons. The first kappa shape index (κ1) is 11.8. The van der Waals surface area contributed by atoms with Gasteiger partial charge in [0.15, 0.2) is 12.3 Å². The molecule has 1 heterocycles. The first-order valence-corrected chi connectivity index (χ1v) is 5.04. The summed E-state index contributed by atoms with van der Waals surface area (Å²) < 4.78 is 13.3. The van der Waals surface area contributed by atoms with Crippen molar-refractivity contribution in [2.24, 2.45) is 0 Å². The first-order chi connectivity index (χ1) is 8.04. The molecule has 2 rings (SSSR count). The van der Waals surface area contributed by atoms with Crippen molar-refractivity contribution in [1.82, 2.24) is 9.19 Å². The van der Waals surface area contributed by atoms with Gasteiger partial charge in [-0.2, -0.15) is 9.19 Å².